The highest BCUT2D eigenvalue weighted by atomic mass is 79.9. The van der Waals surface area contributed by atoms with Gasteiger partial charge in [-0.15, -0.1) is 0 Å². The summed E-state index contributed by atoms with van der Waals surface area (Å²) in [5.41, 5.74) is 0.824. The normalized spacial score (nSPS) is 20.3. The minimum Gasteiger partial charge on any atom is -0.378 e. The van der Waals surface area contributed by atoms with Crippen LogP contribution in [0.1, 0.15) is 29.6 Å². The summed E-state index contributed by atoms with van der Waals surface area (Å²) in [6, 6.07) is 0. The van der Waals surface area contributed by atoms with E-state index in [-0.39, 0.29) is 0 Å². The molecule has 88 valence electrons. The zero-order valence-corrected chi connectivity index (χ0v) is 12.0. The Morgan fingerprint density at radius 1 is 1.56 bits per heavy atom. The third kappa shape index (κ3) is 2.70. The van der Waals surface area contributed by atoms with Crippen molar-refractivity contribution in [3.8, 4) is 0 Å². The molecule has 1 unspecified atom stereocenters. The van der Waals surface area contributed by atoms with Crippen LogP contribution < -0.4 is 0 Å². The maximum absolute atomic E-state index is 6.07. The smallest absolute Gasteiger partial charge is 0.147 e. The molecule has 1 aliphatic rings. The summed E-state index contributed by atoms with van der Waals surface area (Å²) in [5, 5.41) is 0.866. The van der Waals surface area contributed by atoms with Crippen LogP contribution in [0.4, 0.5) is 0 Å². The molecule has 0 spiro atoms. The first-order chi connectivity index (χ1) is 7.72. The molecular formula is C10H12BrClN2OS. The number of thioether (sulfide) groups is 1. The van der Waals surface area contributed by atoms with Crippen LogP contribution in [0.15, 0.2) is 4.47 Å². The third-order valence-corrected chi connectivity index (χ3v) is 5.10. The molecule has 6 heteroatoms. The molecule has 1 aromatic heterocycles. The average molecular weight is 324 g/mol. The Hall–Kier alpha value is 0.160. The van der Waals surface area contributed by atoms with Gasteiger partial charge in [0.2, 0.25) is 0 Å². The lowest BCUT2D eigenvalue weighted by Crippen LogP contribution is -2.04. The lowest BCUT2D eigenvalue weighted by atomic mass is 10.2. The van der Waals surface area contributed by atoms with Crippen molar-refractivity contribution >= 4 is 39.3 Å². The van der Waals surface area contributed by atoms with E-state index < -0.39 is 0 Å². The standard InChI is InChI=1S/C10H12BrClN2OS/c1-15-5-6-8(11)9(12)14-10(13-6)7-3-2-4-16-7/h7H,2-5H2,1H3. The molecule has 1 saturated heterocycles. The fourth-order valence-corrected chi connectivity index (χ4v) is 3.33. The number of hydrogen-bond acceptors (Lipinski definition) is 4. The first-order valence-corrected chi connectivity index (χ1v) is 7.26. The van der Waals surface area contributed by atoms with Crippen LogP contribution in [0.3, 0.4) is 0 Å². The van der Waals surface area contributed by atoms with Crippen LogP contribution in [0, 0.1) is 0 Å². The second-order valence-corrected chi connectivity index (χ2v) is 6.03. The Morgan fingerprint density at radius 3 is 3.00 bits per heavy atom. The van der Waals surface area contributed by atoms with Gasteiger partial charge >= 0.3 is 0 Å². The maximum Gasteiger partial charge on any atom is 0.147 e. The Morgan fingerprint density at radius 2 is 2.38 bits per heavy atom. The molecule has 1 aliphatic heterocycles. The van der Waals surface area contributed by atoms with E-state index in [2.05, 4.69) is 25.9 Å². The van der Waals surface area contributed by atoms with E-state index >= 15 is 0 Å². The quantitative estimate of drug-likeness (QED) is 0.796. The van der Waals surface area contributed by atoms with Gasteiger partial charge in [0.05, 0.1) is 22.0 Å². The zero-order valence-electron chi connectivity index (χ0n) is 8.87. The Labute approximate surface area is 112 Å². The molecule has 0 amide bonds. The van der Waals surface area contributed by atoms with E-state index in [0.29, 0.717) is 17.0 Å². The topological polar surface area (TPSA) is 35.0 Å². The van der Waals surface area contributed by atoms with Gasteiger partial charge in [-0.1, -0.05) is 11.6 Å². The number of hydrogen-bond donors (Lipinski definition) is 0. The van der Waals surface area contributed by atoms with Crippen molar-refractivity contribution in [2.24, 2.45) is 0 Å². The molecule has 1 aromatic rings. The van der Waals surface area contributed by atoms with Crippen LogP contribution in [0.2, 0.25) is 5.15 Å². The van der Waals surface area contributed by atoms with Crippen molar-refractivity contribution in [2.75, 3.05) is 12.9 Å². The van der Waals surface area contributed by atoms with E-state index in [9.17, 15) is 0 Å². The molecule has 16 heavy (non-hydrogen) atoms. The highest BCUT2D eigenvalue weighted by molar-refractivity contribution is 9.10. The Balaban J connectivity index is 2.31. The van der Waals surface area contributed by atoms with E-state index in [0.717, 1.165) is 22.4 Å². The first kappa shape index (κ1) is 12.6. The molecule has 2 rings (SSSR count). The van der Waals surface area contributed by atoms with Gasteiger partial charge in [-0.3, -0.25) is 0 Å². The van der Waals surface area contributed by atoms with Gasteiger partial charge in [-0.2, -0.15) is 11.8 Å². The van der Waals surface area contributed by atoms with E-state index in [1.165, 1.54) is 12.2 Å². The second kappa shape index (κ2) is 5.67. The number of rotatable bonds is 3. The first-order valence-electron chi connectivity index (χ1n) is 5.04. The molecular weight excluding hydrogens is 312 g/mol. The van der Waals surface area contributed by atoms with Gasteiger partial charge in [0, 0.05) is 7.11 Å². The molecule has 1 atom stereocenters. The lowest BCUT2D eigenvalue weighted by Gasteiger charge is -2.11. The van der Waals surface area contributed by atoms with Crippen molar-refractivity contribution in [3.05, 3.63) is 21.1 Å². The van der Waals surface area contributed by atoms with E-state index in [1.807, 2.05) is 11.8 Å². The van der Waals surface area contributed by atoms with Gasteiger partial charge in [-0.05, 0) is 34.5 Å². The van der Waals surface area contributed by atoms with Crippen LogP contribution >= 0.6 is 39.3 Å². The molecule has 0 N–H and O–H groups in total. The van der Waals surface area contributed by atoms with Gasteiger partial charge in [0.15, 0.2) is 0 Å². The number of methoxy groups -OCH3 is 1. The largest absolute Gasteiger partial charge is 0.378 e. The van der Waals surface area contributed by atoms with Gasteiger partial charge in [-0.25, -0.2) is 9.97 Å². The minimum atomic E-state index is 0.390. The maximum atomic E-state index is 6.07. The summed E-state index contributed by atoms with van der Waals surface area (Å²) in [5.74, 6) is 2.02. The monoisotopic (exact) mass is 322 g/mol. The molecule has 2 heterocycles. The average Bonchev–Trinajstić information content (AvgIpc) is 2.78. The predicted octanol–water partition coefficient (Wildman–Crippen LogP) is 3.61. The summed E-state index contributed by atoms with van der Waals surface area (Å²) in [6.07, 6.45) is 2.36. The fraction of sp³-hybridized carbons (Fsp3) is 0.600. The Kier molecular flexibility index (Phi) is 4.47. The predicted molar refractivity (Wildman–Crippen MR) is 69.9 cm³/mol. The third-order valence-electron chi connectivity index (χ3n) is 2.40. The second-order valence-electron chi connectivity index (χ2n) is 3.57. The molecule has 0 aromatic carbocycles. The summed E-state index contributed by atoms with van der Waals surface area (Å²) in [4.78, 5) is 8.85. The molecule has 0 saturated carbocycles. The van der Waals surface area contributed by atoms with E-state index in [1.54, 1.807) is 7.11 Å². The summed E-state index contributed by atoms with van der Waals surface area (Å²) in [7, 11) is 1.65. The summed E-state index contributed by atoms with van der Waals surface area (Å²) < 4.78 is 5.83. The minimum absolute atomic E-state index is 0.390. The highest BCUT2D eigenvalue weighted by Gasteiger charge is 2.22. The number of ether oxygens (including phenoxy) is 1. The molecule has 0 radical (unpaired) electrons. The van der Waals surface area contributed by atoms with Gasteiger partial charge in [0.1, 0.15) is 11.0 Å². The lowest BCUT2D eigenvalue weighted by molar-refractivity contribution is 0.180. The number of aromatic nitrogens is 2. The molecule has 3 nitrogen and oxygen atoms in total. The Bertz CT molecular complexity index is 385. The molecule has 1 fully saturated rings. The van der Waals surface area contributed by atoms with Crippen LogP contribution in [0.25, 0.3) is 0 Å². The molecule has 0 bridgehead atoms. The van der Waals surface area contributed by atoms with Gasteiger partial charge in [0.25, 0.3) is 0 Å². The van der Waals surface area contributed by atoms with E-state index in [4.69, 9.17) is 16.3 Å². The van der Waals surface area contributed by atoms with Crippen molar-refractivity contribution in [2.45, 2.75) is 24.7 Å². The SMILES string of the molecule is COCc1nc(C2CCCS2)nc(Cl)c1Br. The zero-order chi connectivity index (χ0) is 11.5. The fourth-order valence-electron chi connectivity index (χ4n) is 1.64. The van der Waals surface area contributed by atoms with Crippen molar-refractivity contribution in [3.63, 3.8) is 0 Å². The number of halogens is 2. The summed E-state index contributed by atoms with van der Waals surface area (Å²) in [6.45, 7) is 0.452. The van der Waals surface area contributed by atoms with Crippen LogP contribution in [-0.2, 0) is 11.3 Å². The molecule has 0 aliphatic carbocycles. The van der Waals surface area contributed by atoms with Crippen molar-refractivity contribution in [1.29, 1.82) is 0 Å². The van der Waals surface area contributed by atoms with Gasteiger partial charge < -0.3 is 4.74 Å². The summed E-state index contributed by atoms with van der Waals surface area (Å²) >= 11 is 11.3. The van der Waals surface area contributed by atoms with Crippen molar-refractivity contribution < 1.29 is 4.74 Å². The number of nitrogens with zero attached hydrogens (tertiary/aromatic N) is 2. The highest BCUT2D eigenvalue weighted by Crippen LogP contribution is 2.39. The van der Waals surface area contributed by atoms with Crippen LogP contribution in [0.5, 0.6) is 0 Å². The van der Waals surface area contributed by atoms with Crippen molar-refractivity contribution in [1.82, 2.24) is 9.97 Å². The van der Waals surface area contributed by atoms with Crippen LogP contribution in [-0.4, -0.2) is 22.8 Å².